The van der Waals surface area contributed by atoms with Gasteiger partial charge in [-0.15, -0.1) is 11.3 Å². The van der Waals surface area contributed by atoms with Crippen molar-refractivity contribution in [2.24, 2.45) is 0 Å². The zero-order chi connectivity index (χ0) is 11.8. The minimum absolute atomic E-state index is 0.000229. The van der Waals surface area contributed by atoms with Crippen molar-refractivity contribution in [3.63, 3.8) is 0 Å². The van der Waals surface area contributed by atoms with Gasteiger partial charge in [0, 0.05) is 10.8 Å². The third-order valence-electron chi connectivity index (χ3n) is 2.89. The summed E-state index contributed by atoms with van der Waals surface area (Å²) in [6, 6.07) is 7.73. The smallest absolute Gasteiger partial charge is 0.251 e. The summed E-state index contributed by atoms with van der Waals surface area (Å²) in [6.07, 6.45) is 0. The molecule has 0 aliphatic carbocycles. The first kappa shape index (κ1) is 10.4. The lowest BCUT2D eigenvalue weighted by atomic mass is 10.0. The van der Waals surface area contributed by atoms with Crippen molar-refractivity contribution in [2.75, 3.05) is 10.6 Å². The highest BCUT2D eigenvalue weighted by Crippen LogP contribution is 2.34. The van der Waals surface area contributed by atoms with Crippen LogP contribution >= 0.6 is 11.3 Å². The highest BCUT2D eigenvalue weighted by molar-refractivity contribution is 7.09. The van der Waals surface area contributed by atoms with Crippen molar-refractivity contribution >= 4 is 28.6 Å². The van der Waals surface area contributed by atoms with Crippen LogP contribution in [0.4, 0.5) is 11.4 Å². The van der Waals surface area contributed by atoms with Gasteiger partial charge in [-0.05, 0) is 12.5 Å². The molecule has 1 atom stereocenters. The molecule has 0 radical (unpaired) electrons. The van der Waals surface area contributed by atoms with Crippen LogP contribution in [-0.2, 0) is 4.79 Å². The van der Waals surface area contributed by atoms with Crippen molar-refractivity contribution in [3.8, 4) is 0 Å². The number of thiophene rings is 1. The zero-order valence-electron chi connectivity index (χ0n) is 9.36. The Kier molecular flexibility index (Phi) is 2.37. The molecular formula is C13H12N2OS. The van der Waals surface area contributed by atoms with Crippen molar-refractivity contribution in [2.45, 2.75) is 13.0 Å². The number of rotatable bonds is 1. The van der Waals surface area contributed by atoms with E-state index in [2.05, 4.69) is 10.6 Å². The Balaban J connectivity index is 1.95. The van der Waals surface area contributed by atoms with E-state index in [1.165, 1.54) is 5.56 Å². The molecule has 0 bridgehead atoms. The summed E-state index contributed by atoms with van der Waals surface area (Å²) >= 11 is 1.58. The first-order chi connectivity index (χ1) is 8.24. The number of amides is 1. The number of benzene rings is 1. The monoisotopic (exact) mass is 244 g/mol. The molecule has 86 valence electrons. The molecule has 1 amide bonds. The molecule has 4 heteroatoms. The van der Waals surface area contributed by atoms with Crippen LogP contribution < -0.4 is 10.6 Å². The molecule has 2 N–H and O–H groups in total. The molecule has 1 aliphatic heterocycles. The minimum Gasteiger partial charge on any atom is -0.368 e. The van der Waals surface area contributed by atoms with E-state index in [0.717, 1.165) is 16.9 Å². The van der Waals surface area contributed by atoms with E-state index < -0.39 is 0 Å². The lowest BCUT2D eigenvalue weighted by Gasteiger charge is -2.25. The average molecular weight is 244 g/mol. The lowest BCUT2D eigenvalue weighted by molar-refractivity contribution is -0.117. The fraction of sp³-hybridized carbons (Fsp3) is 0.154. The van der Waals surface area contributed by atoms with Gasteiger partial charge in [0.25, 0.3) is 5.91 Å². The molecule has 2 heterocycles. The Bertz CT molecular complexity index is 559. The molecule has 0 spiro atoms. The van der Waals surface area contributed by atoms with Crippen LogP contribution in [0.25, 0.3) is 0 Å². The number of hydrogen-bond donors (Lipinski definition) is 2. The van der Waals surface area contributed by atoms with E-state index in [1.54, 1.807) is 11.3 Å². The maximum absolute atomic E-state index is 12.0. The lowest BCUT2D eigenvalue weighted by Crippen LogP contribution is -2.31. The van der Waals surface area contributed by atoms with E-state index >= 15 is 0 Å². The zero-order valence-corrected chi connectivity index (χ0v) is 10.2. The third kappa shape index (κ3) is 1.80. The molecule has 0 saturated heterocycles. The first-order valence-electron chi connectivity index (χ1n) is 5.44. The van der Waals surface area contributed by atoms with Gasteiger partial charge in [-0.1, -0.05) is 29.8 Å². The van der Waals surface area contributed by atoms with Gasteiger partial charge in [0.15, 0.2) is 0 Å². The predicted molar refractivity (Wildman–Crippen MR) is 70.5 cm³/mol. The van der Waals surface area contributed by atoms with E-state index in [1.807, 2.05) is 41.9 Å². The van der Waals surface area contributed by atoms with Crippen LogP contribution in [-0.4, -0.2) is 5.91 Å². The summed E-state index contributed by atoms with van der Waals surface area (Å²) < 4.78 is 0. The van der Waals surface area contributed by atoms with Crippen LogP contribution in [0.5, 0.6) is 0 Å². The summed E-state index contributed by atoms with van der Waals surface area (Å²) in [4.78, 5) is 12.0. The largest absolute Gasteiger partial charge is 0.368 e. The highest BCUT2D eigenvalue weighted by Gasteiger charge is 2.26. The van der Waals surface area contributed by atoms with Crippen molar-refractivity contribution in [1.82, 2.24) is 0 Å². The number of anilines is 2. The van der Waals surface area contributed by atoms with Crippen LogP contribution in [0.1, 0.15) is 17.2 Å². The summed E-state index contributed by atoms with van der Waals surface area (Å²) in [5, 5.41) is 10.1. The maximum atomic E-state index is 12.0. The highest BCUT2D eigenvalue weighted by atomic mass is 32.1. The molecule has 1 aromatic heterocycles. The van der Waals surface area contributed by atoms with Gasteiger partial charge in [-0.3, -0.25) is 4.79 Å². The molecule has 2 aromatic rings. The number of fused-ring (bicyclic) bond motifs is 1. The SMILES string of the molecule is Cc1ccc(C2Nc3cscc3NC2=O)cc1. The van der Waals surface area contributed by atoms with Crippen LogP contribution in [0.3, 0.4) is 0 Å². The number of carbonyl (C=O) groups is 1. The van der Waals surface area contributed by atoms with Gasteiger partial charge < -0.3 is 10.6 Å². The van der Waals surface area contributed by atoms with Gasteiger partial charge >= 0.3 is 0 Å². The molecule has 17 heavy (non-hydrogen) atoms. The minimum atomic E-state index is -0.294. The molecule has 1 aromatic carbocycles. The van der Waals surface area contributed by atoms with E-state index in [0.29, 0.717) is 0 Å². The summed E-state index contributed by atoms with van der Waals surface area (Å²) in [7, 11) is 0. The van der Waals surface area contributed by atoms with Crippen molar-refractivity contribution < 1.29 is 4.79 Å². The summed E-state index contributed by atoms with van der Waals surface area (Å²) in [5.41, 5.74) is 4.06. The number of carbonyl (C=O) groups excluding carboxylic acids is 1. The average Bonchev–Trinajstić information content (AvgIpc) is 2.76. The molecule has 1 aliphatic rings. The Morgan fingerprint density at radius 2 is 1.82 bits per heavy atom. The molecule has 1 unspecified atom stereocenters. The van der Waals surface area contributed by atoms with Crippen LogP contribution in [0, 0.1) is 6.92 Å². The Morgan fingerprint density at radius 1 is 1.12 bits per heavy atom. The van der Waals surface area contributed by atoms with Crippen LogP contribution in [0.2, 0.25) is 0 Å². The predicted octanol–water partition coefficient (Wildman–Crippen LogP) is 3.16. The normalized spacial score (nSPS) is 18.2. The fourth-order valence-electron chi connectivity index (χ4n) is 1.93. The summed E-state index contributed by atoms with van der Waals surface area (Å²) in [5.74, 6) is -0.000229. The van der Waals surface area contributed by atoms with Gasteiger partial charge in [0.2, 0.25) is 0 Å². The van der Waals surface area contributed by atoms with Crippen LogP contribution in [0.15, 0.2) is 35.0 Å². The van der Waals surface area contributed by atoms with Gasteiger partial charge in [-0.25, -0.2) is 0 Å². The van der Waals surface area contributed by atoms with E-state index in [9.17, 15) is 4.79 Å². The first-order valence-corrected chi connectivity index (χ1v) is 6.38. The van der Waals surface area contributed by atoms with Gasteiger partial charge in [-0.2, -0.15) is 0 Å². The second kappa shape index (κ2) is 3.89. The quantitative estimate of drug-likeness (QED) is 0.809. The number of nitrogens with one attached hydrogen (secondary N) is 2. The number of aryl methyl sites for hydroxylation is 1. The van der Waals surface area contributed by atoms with Crippen molar-refractivity contribution in [1.29, 1.82) is 0 Å². The molecule has 3 rings (SSSR count). The Hall–Kier alpha value is -1.81. The standard InChI is InChI=1S/C13H12N2OS/c1-8-2-4-9(5-3-8)12-13(16)15-11-7-17-6-10(11)14-12/h2-7,12,14H,1H3,(H,15,16). The van der Waals surface area contributed by atoms with Gasteiger partial charge in [0.1, 0.15) is 6.04 Å². The molecular weight excluding hydrogens is 232 g/mol. The Labute approximate surface area is 103 Å². The molecule has 3 nitrogen and oxygen atoms in total. The van der Waals surface area contributed by atoms with E-state index in [4.69, 9.17) is 0 Å². The maximum Gasteiger partial charge on any atom is 0.251 e. The fourth-order valence-corrected chi connectivity index (χ4v) is 2.65. The second-order valence-corrected chi connectivity index (χ2v) is 4.92. The number of hydrogen-bond acceptors (Lipinski definition) is 3. The Morgan fingerprint density at radius 3 is 2.59 bits per heavy atom. The van der Waals surface area contributed by atoms with E-state index in [-0.39, 0.29) is 11.9 Å². The van der Waals surface area contributed by atoms with Crippen molar-refractivity contribution in [3.05, 3.63) is 46.2 Å². The molecule has 0 saturated carbocycles. The second-order valence-electron chi connectivity index (χ2n) is 4.18. The summed E-state index contributed by atoms with van der Waals surface area (Å²) in [6.45, 7) is 2.04. The molecule has 0 fully saturated rings. The van der Waals surface area contributed by atoms with Gasteiger partial charge in [0.05, 0.1) is 11.4 Å². The third-order valence-corrected chi connectivity index (χ3v) is 3.64. The topological polar surface area (TPSA) is 41.1 Å².